The number of ether oxygens (including phenoxy) is 1. The molecule has 63 heavy (non-hydrogen) atoms. The van der Waals surface area contributed by atoms with E-state index in [1.807, 2.05) is 55.4 Å². The SMILES string of the molecule is CCCCCCCCCCCCCc1ncc(C2=c3ccc([nH]3)=C(c3cccnc3)c3ccc([nH]3)C(c3cccnc3)=c3ccc([nH]3)=C(c3cccnc3)c3ccc2[nH]3)cc1OC. The molecular formula is C54H56N8O. The zero-order valence-electron chi connectivity index (χ0n) is 36.4. The number of nitrogens with one attached hydrogen (secondary N) is 4. The maximum atomic E-state index is 6.08. The summed E-state index contributed by atoms with van der Waals surface area (Å²) in [5, 5.41) is 3.79. The molecule has 9 nitrogen and oxygen atoms in total. The van der Waals surface area contributed by atoms with Crippen molar-refractivity contribution in [3.8, 4) is 5.75 Å². The highest BCUT2D eigenvalue weighted by Crippen LogP contribution is 2.30. The molecule has 9 heteroatoms. The van der Waals surface area contributed by atoms with E-state index in [0.29, 0.717) is 0 Å². The number of pyridine rings is 4. The normalized spacial score (nSPS) is 12.6. The Balaban J connectivity index is 1.16. The van der Waals surface area contributed by atoms with Crippen molar-refractivity contribution in [2.45, 2.75) is 84.0 Å². The van der Waals surface area contributed by atoms with Crippen LogP contribution in [0.25, 0.3) is 22.3 Å². The zero-order valence-corrected chi connectivity index (χ0v) is 36.4. The molecule has 0 radical (unpaired) electrons. The third-order valence-corrected chi connectivity index (χ3v) is 12.2. The van der Waals surface area contributed by atoms with Crippen molar-refractivity contribution >= 4 is 22.3 Å². The van der Waals surface area contributed by atoms with E-state index in [1.54, 1.807) is 13.3 Å². The second-order valence-electron chi connectivity index (χ2n) is 16.5. The Morgan fingerprint density at radius 3 is 1.21 bits per heavy atom. The van der Waals surface area contributed by atoms with Crippen LogP contribution in [-0.2, 0) is 6.42 Å². The van der Waals surface area contributed by atoms with Crippen LogP contribution in [0.5, 0.6) is 5.75 Å². The van der Waals surface area contributed by atoms with Crippen molar-refractivity contribution in [1.82, 2.24) is 39.9 Å². The lowest BCUT2D eigenvalue weighted by molar-refractivity contribution is 0.405. The molecular weight excluding hydrogens is 777 g/mol. The molecule has 4 N–H and O–H groups in total. The fourth-order valence-electron chi connectivity index (χ4n) is 9.03. The highest BCUT2D eigenvalue weighted by atomic mass is 16.5. The monoisotopic (exact) mass is 832 g/mol. The lowest BCUT2D eigenvalue weighted by Crippen LogP contribution is -2.19. The molecule has 318 valence electrons. The zero-order chi connectivity index (χ0) is 42.8. The number of aryl methyl sites for hydroxylation is 1. The third-order valence-electron chi connectivity index (χ3n) is 12.2. The van der Waals surface area contributed by atoms with Crippen molar-refractivity contribution in [3.05, 3.63) is 206 Å². The minimum absolute atomic E-state index is 0.807. The number of fused-ring (bicyclic) bond motifs is 8. The van der Waals surface area contributed by atoms with Crippen LogP contribution in [0.2, 0.25) is 0 Å². The fraction of sp³-hybridized carbons (Fsp3) is 0.259. The second kappa shape index (κ2) is 19.8. The maximum absolute atomic E-state index is 6.08. The molecule has 0 saturated carbocycles. The van der Waals surface area contributed by atoms with Crippen LogP contribution in [0.15, 0.2) is 134 Å². The summed E-state index contributed by atoms with van der Waals surface area (Å²) in [6.45, 7) is 2.28. The van der Waals surface area contributed by atoms with Crippen LogP contribution < -0.4 is 26.1 Å². The molecule has 8 bridgehead atoms. The topological polar surface area (TPSA) is 124 Å². The summed E-state index contributed by atoms with van der Waals surface area (Å²) in [6, 6.07) is 31.6. The molecule has 1 aliphatic heterocycles. The Kier molecular flexibility index (Phi) is 13.0. The lowest BCUT2D eigenvalue weighted by atomic mass is 10.0. The highest BCUT2D eigenvalue weighted by Gasteiger charge is 2.19. The minimum atomic E-state index is 0.807. The summed E-state index contributed by atoms with van der Waals surface area (Å²) in [6.07, 6.45) is 28.5. The van der Waals surface area contributed by atoms with Gasteiger partial charge in [0.25, 0.3) is 0 Å². The van der Waals surface area contributed by atoms with E-state index in [4.69, 9.17) is 9.72 Å². The van der Waals surface area contributed by atoms with Gasteiger partial charge in [-0.1, -0.05) is 89.3 Å². The number of hydrogen-bond donors (Lipinski definition) is 4. The van der Waals surface area contributed by atoms with Crippen LogP contribution in [0.4, 0.5) is 0 Å². The van der Waals surface area contributed by atoms with Crippen LogP contribution in [-0.4, -0.2) is 47.0 Å². The molecule has 9 heterocycles. The number of nitrogens with zero attached hydrogens (tertiary/aromatic N) is 4. The molecule has 8 aromatic rings. The predicted octanol–water partition coefficient (Wildman–Crippen LogP) is 8.74. The van der Waals surface area contributed by atoms with Gasteiger partial charge in [-0.15, -0.1) is 0 Å². The van der Waals surface area contributed by atoms with Crippen molar-refractivity contribution in [2.75, 3.05) is 7.11 Å². The predicted molar refractivity (Wildman–Crippen MR) is 252 cm³/mol. The van der Waals surface area contributed by atoms with Gasteiger partial charge >= 0.3 is 0 Å². The quantitative estimate of drug-likeness (QED) is 0.0684. The lowest BCUT2D eigenvalue weighted by Gasteiger charge is -2.12. The number of aromatic nitrogens is 8. The van der Waals surface area contributed by atoms with E-state index in [1.165, 1.54) is 64.2 Å². The Morgan fingerprint density at radius 2 is 0.825 bits per heavy atom. The van der Waals surface area contributed by atoms with Gasteiger partial charge < -0.3 is 24.7 Å². The standard InChI is InChI=1S/C54H56N8O/c1-3-4-5-6-7-8-9-10-11-12-13-20-41-50(63-2)32-40(36-58-41)54-48-27-25-46(61-48)52(38-18-15-30-56-34-38)44-23-21-42(59-44)51(37-17-14-29-55-33-37)43-22-24-45(60-43)53(39-19-16-31-57-35-39)47-26-28-49(54)62-47/h14-19,21-36,59-62H,3-13,20H2,1-2H3. The minimum Gasteiger partial charge on any atom is -0.495 e. The van der Waals surface area contributed by atoms with Gasteiger partial charge in [-0.05, 0) is 85.6 Å². The van der Waals surface area contributed by atoms with E-state index in [2.05, 4.69) is 115 Å². The number of rotatable bonds is 17. The van der Waals surface area contributed by atoms with Crippen LogP contribution in [0.3, 0.4) is 0 Å². The van der Waals surface area contributed by atoms with Crippen molar-refractivity contribution in [2.24, 2.45) is 0 Å². The first-order chi connectivity index (χ1) is 31.2. The fourth-order valence-corrected chi connectivity index (χ4v) is 9.03. The third kappa shape index (κ3) is 9.28. The number of methoxy groups -OCH3 is 1. The average Bonchev–Trinajstić information content (AvgIpc) is 4.18. The van der Waals surface area contributed by atoms with Crippen molar-refractivity contribution in [1.29, 1.82) is 0 Å². The van der Waals surface area contributed by atoms with Gasteiger partial charge in [-0.2, -0.15) is 0 Å². The average molecular weight is 833 g/mol. The molecule has 8 aromatic heterocycles. The van der Waals surface area contributed by atoms with Gasteiger partial charge in [-0.25, -0.2) is 0 Å². The summed E-state index contributed by atoms with van der Waals surface area (Å²) in [5.74, 6) is 0.807. The Hall–Kier alpha value is -7.00. The molecule has 0 fully saturated rings. The smallest absolute Gasteiger partial charge is 0.140 e. The first kappa shape index (κ1) is 41.4. The summed E-state index contributed by atoms with van der Waals surface area (Å²) < 4.78 is 6.08. The first-order valence-corrected chi connectivity index (χ1v) is 22.7. The maximum Gasteiger partial charge on any atom is 0.140 e. The van der Waals surface area contributed by atoms with Gasteiger partial charge in [0, 0.05) is 132 Å². The molecule has 0 amide bonds. The molecule has 0 aromatic carbocycles. The number of unbranched alkanes of at least 4 members (excludes halogenated alkanes) is 10. The van der Waals surface area contributed by atoms with Gasteiger partial charge in [0.05, 0.1) is 12.8 Å². The first-order valence-electron chi connectivity index (χ1n) is 22.7. The number of aromatic amines is 4. The summed E-state index contributed by atoms with van der Waals surface area (Å²) in [5.41, 5.74) is 12.7. The number of H-pyrrole nitrogens is 4. The van der Waals surface area contributed by atoms with E-state index >= 15 is 0 Å². The van der Waals surface area contributed by atoms with Gasteiger partial charge in [-0.3, -0.25) is 19.9 Å². The Morgan fingerprint density at radius 1 is 0.429 bits per heavy atom. The second-order valence-corrected chi connectivity index (χ2v) is 16.5. The summed E-state index contributed by atoms with van der Waals surface area (Å²) in [4.78, 5) is 34.0. The van der Waals surface area contributed by atoms with E-state index < -0.39 is 0 Å². The van der Waals surface area contributed by atoms with Crippen LogP contribution in [0, 0.1) is 0 Å². The molecule has 0 unspecified atom stereocenters. The van der Waals surface area contributed by atoms with E-state index in [0.717, 1.165) is 113 Å². The van der Waals surface area contributed by atoms with Crippen LogP contribution in [0.1, 0.15) is 128 Å². The molecule has 0 aliphatic carbocycles. The molecule has 0 atom stereocenters. The highest BCUT2D eigenvalue weighted by molar-refractivity contribution is 5.84. The van der Waals surface area contributed by atoms with E-state index in [-0.39, 0.29) is 0 Å². The molecule has 0 spiro atoms. The Bertz CT molecular complexity index is 3010. The summed E-state index contributed by atoms with van der Waals surface area (Å²) >= 11 is 0. The van der Waals surface area contributed by atoms with Crippen LogP contribution >= 0.6 is 0 Å². The molecule has 1 aliphatic rings. The van der Waals surface area contributed by atoms with Crippen molar-refractivity contribution < 1.29 is 4.74 Å². The van der Waals surface area contributed by atoms with Gasteiger partial charge in [0.15, 0.2) is 0 Å². The van der Waals surface area contributed by atoms with Gasteiger partial charge in [0.2, 0.25) is 0 Å². The molecule has 9 rings (SSSR count). The molecule has 0 saturated heterocycles. The van der Waals surface area contributed by atoms with Gasteiger partial charge in [0.1, 0.15) is 5.75 Å². The van der Waals surface area contributed by atoms with Crippen molar-refractivity contribution in [3.63, 3.8) is 0 Å². The number of hydrogen-bond acceptors (Lipinski definition) is 5. The largest absolute Gasteiger partial charge is 0.495 e. The summed E-state index contributed by atoms with van der Waals surface area (Å²) in [7, 11) is 1.75. The van der Waals surface area contributed by atoms with E-state index in [9.17, 15) is 0 Å². The Labute approximate surface area is 368 Å².